The number of esters is 1. The van der Waals surface area contributed by atoms with Crippen LogP contribution in [0.5, 0.6) is 0 Å². The molecule has 2 aromatic carbocycles. The van der Waals surface area contributed by atoms with Crippen molar-refractivity contribution in [2.45, 2.75) is 6.42 Å². The quantitative estimate of drug-likeness (QED) is 0.413. The average molecular weight is 387 g/mol. The number of H-pyrrole nitrogens is 1. The zero-order chi connectivity index (χ0) is 20.1. The SMILES string of the molecule is COC(=O)c1cccc(Nc2ccnc(NCCc3c[nH]c4ccccc34)n2)c1. The molecule has 7 nitrogen and oxygen atoms in total. The summed E-state index contributed by atoms with van der Waals surface area (Å²) in [4.78, 5) is 23.7. The number of aromatic nitrogens is 3. The van der Waals surface area contributed by atoms with E-state index in [2.05, 4.69) is 37.7 Å². The van der Waals surface area contributed by atoms with Crippen LogP contribution in [0, 0.1) is 0 Å². The minimum absolute atomic E-state index is 0.379. The van der Waals surface area contributed by atoms with Gasteiger partial charge in [-0.05, 0) is 42.3 Å². The van der Waals surface area contributed by atoms with Crippen LogP contribution in [0.4, 0.5) is 17.5 Å². The van der Waals surface area contributed by atoms with E-state index in [0.717, 1.165) is 17.6 Å². The number of carbonyl (C=O) groups excluding carboxylic acids is 1. The standard InChI is InChI=1S/C22H21N5O2/c1-29-21(28)15-5-4-6-17(13-15)26-20-10-12-24-22(27-20)23-11-9-16-14-25-19-8-3-2-7-18(16)19/h2-8,10,12-14,25H,9,11H2,1H3,(H2,23,24,26,27). The molecule has 0 unspecified atom stereocenters. The van der Waals surface area contributed by atoms with Crippen molar-refractivity contribution in [1.82, 2.24) is 15.0 Å². The van der Waals surface area contributed by atoms with E-state index in [1.165, 1.54) is 18.1 Å². The van der Waals surface area contributed by atoms with E-state index in [1.54, 1.807) is 30.5 Å². The Kier molecular flexibility index (Phi) is 5.38. The molecule has 0 aliphatic heterocycles. The number of para-hydroxylation sites is 1. The lowest BCUT2D eigenvalue weighted by Gasteiger charge is -2.09. The molecule has 0 radical (unpaired) electrons. The first-order valence-corrected chi connectivity index (χ1v) is 9.30. The van der Waals surface area contributed by atoms with Crippen molar-refractivity contribution in [2.75, 3.05) is 24.3 Å². The molecule has 4 aromatic rings. The number of methoxy groups -OCH3 is 1. The summed E-state index contributed by atoms with van der Waals surface area (Å²) in [7, 11) is 1.36. The summed E-state index contributed by atoms with van der Waals surface area (Å²) >= 11 is 0. The van der Waals surface area contributed by atoms with E-state index in [1.807, 2.05) is 24.4 Å². The normalized spacial score (nSPS) is 10.7. The number of carbonyl (C=O) groups is 1. The fourth-order valence-electron chi connectivity index (χ4n) is 3.15. The Balaban J connectivity index is 1.39. The van der Waals surface area contributed by atoms with Gasteiger partial charge in [-0.1, -0.05) is 24.3 Å². The Morgan fingerprint density at radius 1 is 1.14 bits per heavy atom. The zero-order valence-corrected chi connectivity index (χ0v) is 16.0. The third-order valence-corrected chi connectivity index (χ3v) is 4.56. The van der Waals surface area contributed by atoms with Crippen LogP contribution in [0.3, 0.4) is 0 Å². The van der Waals surface area contributed by atoms with Crippen LogP contribution in [-0.2, 0) is 11.2 Å². The van der Waals surface area contributed by atoms with Gasteiger partial charge in [0.2, 0.25) is 5.95 Å². The Morgan fingerprint density at radius 2 is 2.03 bits per heavy atom. The largest absolute Gasteiger partial charge is 0.465 e. The van der Waals surface area contributed by atoms with Crippen molar-refractivity contribution in [3.8, 4) is 0 Å². The van der Waals surface area contributed by atoms with Crippen molar-refractivity contribution in [2.24, 2.45) is 0 Å². The molecule has 0 bridgehead atoms. The van der Waals surface area contributed by atoms with Crippen LogP contribution < -0.4 is 10.6 Å². The van der Waals surface area contributed by atoms with Crippen molar-refractivity contribution in [3.05, 3.63) is 78.1 Å². The second-order valence-corrected chi connectivity index (χ2v) is 6.50. The van der Waals surface area contributed by atoms with Crippen LogP contribution in [0.15, 0.2) is 67.0 Å². The monoisotopic (exact) mass is 387 g/mol. The number of hydrogen-bond acceptors (Lipinski definition) is 6. The molecule has 0 saturated carbocycles. The summed E-state index contributed by atoms with van der Waals surface area (Å²) in [6, 6.07) is 17.1. The molecule has 29 heavy (non-hydrogen) atoms. The van der Waals surface area contributed by atoms with Gasteiger partial charge in [-0.3, -0.25) is 0 Å². The maximum absolute atomic E-state index is 11.7. The van der Waals surface area contributed by atoms with Crippen molar-refractivity contribution in [1.29, 1.82) is 0 Å². The fourth-order valence-corrected chi connectivity index (χ4v) is 3.15. The lowest BCUT2D eigenvalue weighted by atomic mass is 10.1. The van der Waals surface area contributed by atoms with Gasteiger partial charge in [0.05, 0.1) is 12.7 Å². The van der Waals surface area contributed by atoms with Gasteiger partial charge in [0.15, 0.2) is 0 Å². The van der Waals surface area contributed by atoms with E-state index in [9.17, 15) is 4.79 Å². The van der Waals surface area contributed by atoms with Gasteiger partial charge in [0, 0.05) is 35.5 Å². The topological polar surface area (TPSA) is 91.9 Å². The summed E-state index contributed by atoms with van der Waals surface area (Å²) in [5, 5.41) is 7.68. The van der Waals surface area contributed by atoms with Gasteiger partial charge in [-0.2, -0.15) is 4.98 Å². The van der Waals surface area contributed by atoms with Gasteiger partial charge in [0.1, 0.15) is 5.82 Å². The summed E-state index contributed by atoms with van der Waals surface area (Å²) < 4.78 is 4.76. The first-order chi connectivity index (χ1) is 14.2. The Bertz CT molecular complexity index is 1140. The molecule has 0 amide bonds. The van der Waals surface area contributed by atoms with Crippen molar-refractivity contribution >= 4 is 34.3 Å². The molecule has 2 heterocycles. The van der Waals surface area contributed by atoms with Gasteiger partial charge < -0.3 is 20.4 Å². The minimum atomic E-state index is -0.379. The molecule has 7 heteroatoms. The minimum Gasteiger partial charge on any atom is -0.465 e. The number of hydrogen-bond donors (Lipinski definition) is 3. The molecule has 0 saturated heterocycles. The van der Waals surface area contributed by atoms with E-state index in [4.69, 9.17) is 4.74 Å². The van der Waals surface area contributed by atoms with Crippen LogP contribution >= 0.6 is 0 Å². The number of nitrogens with one attached hydrogen (secondary N) is 3. The molecule has 0 aliphatic rings. The third kappa shape index (κ3) is 4.35. The first-order valence-electron chi connectivity index (χ1n) is 9.30. The van der Waals surface area contributed by atoms with Gasteiger partial charge in [-0.25, -0.2) is 9.78 Å². The van der Waals surface area contributed by atoms with E-state index < -0.39 is 0 Å². The highest BCUT2D eigenvalue weighted by atomic mass is 16.5. The zero-order valence-electron chi connectivity index (χ0n) is 16.0. The summed E-state index contributed by atoms with van der Waals surface area (Å²) in [5.74, 6) is 0.798. The molecular weight excluding hydrogens is 366 g/mol. The predicted octanol–water partition coefficient (Wildman–Crippen LogP) is 4.14. The summed E-state index contributed by atoms with van der Waals surface area (Å²) in [5.41, 5.74) is 3.61. The molecule has 2 aromatic heterocycles. The van der Waals surface area contributed by atoms with E-state index in [0.29, 0.717) is 23.9 Å². The van der Waals surface area contributed by atoms with E-state index >= 15 is 0 Å². The molecule has 4 rings (SSSR count). The molecule has 3 N–H and O–H groups in total. The first kappa shape index (κ1) is 18.5. The number of benzene rings is 2. The number of rotatable bonds is 7. The van der Waals surface area contributed by atoms with Crippen LogP contribution in [0.1, 0.15) is 15.9 Å². The maximum Gasteiger partial charge on any atom is 0.337 e. The smallest absolute Gasteiger partial charge is 0.337 e. The Hall–Kier alpha value is -3.87. The van der Waals surface area contributed by atoms with Gasteiger partial charge >= 0.3 is 5.97 Å². The van der Waals surface area contributed by atoms with Crippen LogP contribution in [0.25, 0.3) is 10.9 Å². The highest BCUT2D eigenvalue weighted by molar-refractivity contribution is 5.90. The molecule has 0 spiro atoms. The maximum atomic E-state index is 11.7. The van der Waals surface area contributed by atoms with Crippen LogP contribution in [-0.4, -0.2) is 34.6 Å². The molecule has 146 valence electrons. The Morgan fingerprint density at radius 3 is 2.93 bits per heavy atom. The second-order valence-electron chi connectivity index (χ2n) is 6.50. The lowest BCUT2D eigenvalue weighted by molar-refractivity contribution is 0.0601. The van der Waals surface area contributed by atoms with Crippen molar-refractivity contribution in [3.63, 3.8) is 0 Å². The fraction of sp³-hybridized carbons (Fsp3) is 0.136. The molecule has 0 atom stereocenters. The number of nitrogens with zero attached hydrogens (tertiary/aromatic N) is 2. The number of aromatic amines is 1. The highest BCUT2D eigenvalue weighted by Gasteiger charge is 2.07. The molecular formula is C22H21N5O2. The number of ether oxygens (including phenoxy) is 1. The number of anilines is 3. The lowest BCUT2D eigenvalue weighted by Crippen LogP contribution is -2.08. The average Bonchev–Trinajstić information content (AvgIpc) is 3.17. The summed E-state index contributed by atoms with van der Waals surface area (Å²) in [6.07, 6.45) is 4.58. The predicted molar refractivity (Wildman–Crippen MR) is 114 cm³/mol. The number of fused-ring (bicyclic) bond motifs is 1. The molecule has 0 fully saturated rings. The second kappa shape index (κ2) is 8.43. The van der Waals surface area contributed by atoms with Gasteiger partial charge in [0.25, 0.3) is 0 Å². The third-order valence-electron chi connectivity index (χ3n) is 4.56. The highest BCUT2D eigenvalue weighted by Crippen LogP contribution is 2.19. The molecule has 0 aliphatic carbocycles. The van der Waals surface area contributed by atoms with E-state index in [-0.39, 0.29) is 5.97 Å². The van der Waals surface area contributed by atoms with Crippen LogP contribution in [0.2, 0.25) is 0 Å². The van der Waals surface area contributed by atoms with Crippen molar-refractivity contribution < 1.29 is 9.53 Å². The summed E-state index contributed by atoms with van der Waals surface area (Å²) in [6.45, 7) is 0.711. The Labute approximate surface area is 168 Å². The van der Waals surface area contributed by atoms with Gasteiger partial charge in [-0.15, -0.1) is 0 Å².